The third kappa shape index (κ3) is 6.89. The summed E-state index contributed by atoms with van der Waals surface area (Å²) in [5, 5.41) is 6.28. The van der Waals surface area contributed by atoms with Crippen LogP contribution in [0, 0.1) is 5.92 Å². The third-order valence-corrected chi connectivity index (χ3v) is 4.92. The molecule has 1 fully saturated rings. The number of carbonyl (C=O) groups is 1. The Bertz CT molecular complexity index is 617. The van der Waals surface area contributed by atoms with Gasteiger partial charge >= 0.3 is 0 Å². The number of halogens is 1. The molecular formula is C16H25ClN2O3S. The van der Waals surface area contributed by atoms with Crippen molar-refractivity contribution in [2.45, 2.75) is 32.2 Å². The zero-order chi connectivity index (χ0) is 16.2. The van der Waals surface area contributed by atoms with Gasteiger partial charge in [0.05, 0.1) is 5.75 Å². The first kappa shape index (κ1) is 19.9. The van der Waals surface area contributed by atoms with E-state index in [9.17, 15) is 13.2 Å². The summed E-state index contributed by atoms with van der Waals surface area (Å²) in [7, 11) is -2.95. The smallest absolute Gasteiger partial charge is 0.227 e. The van der Waals surface area contributed by atoms with E-state index < -0.39 is 9.84 Å². The monoisotopic (exact) mass is 360 g/mol. The Kier molecular flexibility index (Phi) is 7.51. The summed E-state index contributed by atoms with van der Waals surface area (Å²) in [5.74, 6) is 0.268. The van der Waals surface area contributed by atoms with Crippen LogP contribution >= 0.6 is 12.4 Å². The molecule has 1 heterocycles. The summed E-state index contributed by atoms with van der Waals surface area (Å²) < 4.78 is 22.3. The lowest BCUT2D eigenvalue weighted by atomic mass is 9.92. The van der Waals surface area contributed by atoms with Crippen LogP contribution in [-0.2, 0) is 21.1 Å². The van der Waals surface area contributed by atoms with Crippen LogP contribution in [-0.4, -0.2) is 38.9 Å². The van der Waals surface area contributed by atoms with Crippen molar-refractivity contribution in [1.82, 2.24) is 5.32 Å². The number of aryl methyl sites for hydroxylation is 1. The molecule has 7 heteroatoms. The van der Waals surface area contributed by atoms with Gasteiger partial charge in [0.25, 0.3) is 0 Å². The van der Waals surface area contributed by atoms with Crippen molar-refractivity contribution in [2.75, 3.05) is 23.9 Å². The van der Waals surface area contributed by atoms with Crippen LogP contribution < -0.4 is 10.6 Å². The van der Waals surface area contributed by atoms with Gasteiger partial charge in [-0.1, -0.05) is 12.1 Å². The summed E-state index contributed by atoms with van der Waals surface area (Å²) in [6.07, 6.45) is 3.46. The quantitative estimate of drug-likeness (QED) is 0.842. The van der Waals surface area contributed by atoms with Crippen molar-refractivity contribution in [1.29, 1.82) is 0 Å². The Morgan fingerprint density at radius 2 is 1.96 bits per heavy atom. The lowest BCUT2D eigenvalue weighted by Crippen LogP contribution is -2.40. The van der Waals surface area contributed by atoms with Gasteiger partial charge in [-0.25, -0.2) is 8.42 Å². The number of anilines is 1. The Labute approximate surface area is 144 Å². The molecule has 0 saturated carbocycles. The molecule has 0 aromatic heterocycles. The maximum Gasteiger partial charge on any atom is 0.227 e. The van der Waals surface area contributed by atoms with E-state index in [1.807, 2.05) is 24.3 Å². The Morgan fingerprint density at radius 1 is 1.30 bits per heavy atom. The average molecular weight is 361 g/mol. The summed E-state index contributed by atoms with van der Waals surface area (Å²) in [5.41, 5.74) is 1.72. The first-order valence-electron chi connectivity index (χ1n) is 7.64. The molecule has 5 nitrogen and oxygen atoms in total. The lowest BCUT2D eigenvalue weighted by molar-refractivity contribution is -0.120. The number of carbonyl (C=O) groups excluding carboxylic acids is 1. The highest BCUT2D eigenvalue weighted by Gasteiger charge is 2.24. The minimum absolute atomic E-state index is 0. The molecule has 1 aromatic rings. The van der Waals surface area contributed by atoms with Crippen LogP contribution in [0.4, 0.5) is 5.69 Å². The molecule has 23 heavy (non-hydrogen) atoms. The van der Waals surface area contributed by atoms with Gasteiger partial charge in [0.1, 0.15) is 9.84 Å². The zero-order valence-electron chi connectivity index (χ0n) is 13.5. The van der Waals surface area contributed by atoms with Crippen molar-refractivity contribution in [3.8, 4) is 0 Å². The van der Waals surface area contributed by atoms with Gasteiger partial charge in [-0.05, 0) is 50.4 Å². The summed E-state index contributed by atoms with van der Waals surface area (Å²) >= 11 is 0. The molecule has 2 atom stereocenters. The normalized spacial score (nSPS) is 21.3. The van der Waals surface area contributed by atoms with Gasteiger partial charge in [0.15, 0.2) is 0 Å². The number of nitrogens with one attached hydrogen (secondary N) is 2. The fraction of sp³-hybridized carbons (Fsp3) is 0.562. The van der Waals surface area contributed by atoms with Crippen molar-refractivity contribution in [3.63, 3.8) is 0 Å². The number of benzene rings is 1. The number of hydrogen-bond acceptors (Lipinski definition) is 4. The number of rotatable bonds is 5. The van der Waals surface area contributed by atoms with Crippen molar-refractivity contribution >= 4 is 33.8 Å². The van der Waals surface area contributed by atoms with Crippen molar-refractivity contribution < 1.29 is 13.2 Å². The number of amides is 1. The van der Waals surface area contributed by atoms with Crippen LogP contribution in [0.15, 0.2) is 24.3 Å². The van der Waals surface area contributed by atoms with E-state index in [0.29, 0.717) is 12.5 Å². The van der Waals surface area contributed by atoms with E-state index in [2.05, 4.69) is 17.6 Å². The first-order chi connectivity index (χ1) is 10.3. The summed E-state index contributed by atoms with van der Waals surface area (Å²) in [6.45, 7) is 2.97. The van der Waals surface area contributed by atoms with Gasteiger partial charge in [-0.3, -0.25) is 4.79 Å². The van der Waals surface area contributed by atoms with Gasteiger partial charge in [-0.2, -0.15) is 0 Å². The van der Waals surface area contributed by atoms with E-state index in [0.717, 1.165) is 30.6 Å². The van der Waals surface area contributed by atoms with Crippen LogP contribution in [0.25, 0.3) is 0 Å². The van der Waals surface area contributed by atoms with Crippen LogP contribution in [0.5, 0.6) is 0 Å². The molecule has 0 bridgehead atoms. The highest BCUT2D eigenvalue weighted by Crippen LogP contribution is 2.19. The van der Waals surface area contributed by atoms with Crippen molar-refractivity contribution in [2.24, 2.45) is 5.92 Å². The number of sulfone groups is 1. The second-order valence-electron chi connectivity index (χ2n) is 6.14. The largest absolute Gasteiger partial charge is 0.326 e. The maximum atomic E-state index is 12.2. The molecule has 1 aliphatic heterocycles. The summed E-state index contributed by atoms with van der Waals surface area (Å²) in [6, 6.07) is 7.78. The molecule has 2 rings (SSSR count). The van der Waals surface area contributed by atoms with Gasteiger partial charge < -0.3 is 10.6 Å². The van der Waals surface area contributed by atoms with Gasteiger partial charge in [0, 0.05) is 23.9 Å². The first-order valence-corrected chi connectivity index (χ1v) is 9.70. The van der Waals surface area contributed by atoms with Crippen LogP contribution in [0.3, 0.4) is 0 Å². The molecule has 0 radical (unpaired) electrons. The topological polar surface area (TPSA) is 75.3 Å². The standard InChI is InChI=1S/C16H24N2O3S.ClH/c1-12-11-14(7-9-17-12)16(19)18-15-5-3-13(4-6-15)8-10-22(2,20)21;/h3-6,12,14,17H,7-11H2,1-2H3,(H,18,19);1H/t12-,14-;/m0./s1. The molecule has 1 saturated heterocycles. The fourth-order valence-corrected chi connectivity index (χ4v) is 3.28. The fourth-order valence-electron chi connectivity index (χ4n) is 2.67. The minimum Gasteiger partial charge on any atom is -0.326 e. The molecule has 2 N–H and O–H groups in total. The number of hydrogen-bond donors (Lipinski definition) is 2. The number of piperidine rings is 1. The van der Waals surface area contributed by atoms with Crippen molar-refractivity contribution in [3.05, 3.63) is 29.8 Å². The predicted molar refractivity (Wildman–Crippen MR) is 95.9 cm³/mol. The molecule has 1 aliphatic rings. The second kappa shape index (κ2) is 8.66. The predicted octanol–water partition coefficient (Wildman–Crippen LogP) is 2.02. The SMILES string of the molecule is C[C@H]1C[C@@H](C(=O)Nc2ccc(CCS(C)(=O)=O)cc2)CCN1.Cl. The highest BCUT2D eigenvalue weighted by atomic mass is 35.5. The molecule has 1 aromatic carbocycles. The van der Waals surface area contributed by atoms with Crippen LogP contribution in [0.1, 0.15) is 25.3 Å². The van der Waals surface area contributed by atoms with E-state index in [-0.39, 0.29) is 30.0 Å². The van der Waals surface area contributed by atoms with Gasteiger partial charge in [-0.15, -0.1) is 12.4 Å². The Hall–Kier alpha value is -1.11. The van der Waals surface area contributed by atoms with E-state index in [1.165, 1.54) is 6.26 Å². The maximum absolute atomic E-state index is 12.2. The Morgan fingerprint density at radius 3 is 2.52 bits per heavy atom. The molecule has 1 amide bonds. The van der Waals surface area contributed by atoms with E-state index in [1.54, 1.807) is 0 Å². The lowest BCUT2D eigenvalue weighted by Gasteiger charge is -2.27. The van der Waals surface area contributed by atoms with E-state index in [4.69, 9.17) is 0 Å². The molecule has 0 aliphatic carbocycles. The minimum atomic E-state index is -2.95. The third-order valence-electron chi connectivity index (χ3n) is 3.98. The van der Waals surface area contributed by atoms with Crippen LogP contribution in [0.2, 0.25) is 0 Å². The van der Waals surface area contributed by atoms with E-state index >= 15 is 0 Å². The second-order valence-corrected chi connectivity index (χ2v) is 8.40. The molecule has 130 valence electrons. The zero-order valence-corrected chi connectivity index (χ0v) is 15.2. The highest BCUT2D eigenvalue weighted by molar-refractivity contribution is 7.90. The molecule has 0 unspecified atom stereocenters. The van der Waals surface area contributed by atoms with Gasteiger partial charge in [0.2, 0.25) is 5.91 Å². The molecule has 0 spiro atoms. The average Bonchev–Trinajstić information content (AvgIpc) is 2.46. The Balaban J connectivity index is 0.00000264. The summed E-state index contributed by atoms with van der Waals surface area (Å²) in [4.78, 5) is 12.2. The molecular weight excluding hydrogens is 336 g/mol.